The van der Waals surface area contributed by atoms with Crippen LogP contribution < -0.4 is 5.32 Å². The molecule has 1 aromatic rings. The van der Waals surface area contributed by atoms with E-state index in [-0.39, 0.29) is 6.54 Å². The molecule has 0 atom stereocenters. The average Bonchev–Trinajstić information content (AvgIpc) is 2.56. The van der Waals surface area contributed by atoms with Crippen LogP contribution in [0.2, 0.25) is 0 Å². The maximum atomic E-state index is 13.4. The standard InChI is InChI=1S/C14H15F5N2O2/c15-9-8(10(16)12(18)13(19)11(9)17)14(22)20-2-1-3-21-4-6-23-7-5-21/h1-7H2,(H,20,22). The van der Waals surface area contributed by atoms with Crippen molar-refractivity contribution in [2.24, 2.45) is 0 Å². The molecule has 0 radical (unpaired) electrons. The highest BCUT2D eigenvalue weighted by atomic mass is 19.2. The van der Waals surface area contributed by atoms with Gasteiger partial charge in [0.25, 0.3) is 5.91 Å². The summed E-state index contributed by atoms with van der Waals surface area (Å²) in [5, 5.41) is 2.16. The Morgan fingerprint density at radius 1 is 0.957 bits per heavy atom. The Balaban J connectivity index is 1.93. The molecular weight excluding hydrogens is 323 g/mol. The van der Waals surface area contributed by atoms with Crippen LogP contribution in [0.4, 0.5) is 22.0 Å². The van der Waals surface area contributed by atoms with Crippen LogP contribution in [0.3, 0.4) is 0 Å². The summed E-state index contributed by atoms with van der Waals surface area (Å²) in [6.07, 6.45) is 0.473. The minimum Gasteiger partial charge on any atom is -0.379 e. The first-order valence-corrected chi connectivity index (χ1v) is 7.03. The molecule has 1 fully saturated rings. The molecule has 1 N–H and O–H groups in total. The Bertz CT molecular complexity index is 562. The smallest absolute Gasteiger partial charge is 0.257 e. The third kappa shape index (κ3) is 3.97. The minimum absolute atomic E-state index is 0.0513. The molecule has 0 spiro atoms. The molecule has 4 nitrogen and oxygen atoms in total. The van der Waals surface area contributed by atoms with Crippen molar-refractivity contribution in [1.82, 2.24) is 10.2 Å². The summed E-state index contributed by atoms with van der Waals surface area (Å²) >= 11 is 0. The number of nitrogens with one attached hydrogen (secondary N) is 1. The van der Waals surface area contributed by atoms with Gasteiger partial charge < -0.3 is 10.1 Å². The fourth-order valence-corrected chi connectivity index (χ4v) is 2.22. The van der Waals surface area contributed by atoms with E-state index < -0.39 is 40.6 Å². The van der Waals surface area contributed by atoms with E-state index in [1.165, 1.54) is 0 Å². The number of ether oxygens (including phenoxy) is 1. The van der Waals surface area contributed by atoms with E-state index in [0.29, 0.717) is 26.2 Å². The second-order valence-corrected chi connectivity index (χ2v) is 5.01. The van der Waals surface area contributed by atoms with Crippen molar-refractivity contribution in [2.45, 2.75) is 6.42 Å². The third-order valence-electron chi connectivity index (χ3n) is 3.48. The SMILES string of the molecule is O=C(NCCCN1CCOCC1)c1c(F)c(F)c(F)c(F)c1F. The number of hydrogen-bond donors (Lipinski definition) is 1. The Morgan fingerprint density at radius 2 is 1.48 bits per heavy atom. The van der Waals surface area contributed by atoms with E-state index >= 15 is 0 Å². The maximum absolute atomic E-state index is 13.4. The van der Waals surface area contributed by atoms with Gasteiger partial charge >= 0.3 is 0 Å². The monoisotopic (exact) mass is 338 g/mol. The largest absolute Gasteiger partial charge is 0.379 e. The maximum Gasteiger partial charge on any atom is 0.257 e. The molecule has 0 bridgehead atoms. The molecule has 9 heteroatoms. The van der Waals surface area contributed by atoms with Gasteiger partial charge in [-0.3, -0.25) is 9.69 Å². The number of halogens is 5. The van der Waals surface area contributed by atoms with Crippen LogP contribution in [0.1, 0.15) is 16.8 Å². The van der Waals surface area contributed by atoms with Crippen LogP contribution >= 0.6 is 0 Å². The predicted molar refractivity (Wildman–Crippen MR) is 70.4 cm³/mol. The number of nitrogens with zero attached hydrogens (tertiary/aromatic N) is 1. The summed E-state index contributed by atoms with van der Waals surface area (Å²) in [4.78, 5) is 13.8. The van der Waals surface area contributed by atoms with Gasteiger partial charge in [-0.25, -0.2) is 22.0 Å². The molecular formula is C14H15F5N2O2. The van der Waals surface area contributed by atoms with Crippen LogP contribution in [0.25, 0.3) is 0 Å². The first kappa shape index (κ1) is 17.6. The van der Waals surface area contributed by atoms with Crippen molar-refractivity contribution in [3.63, 3.8) is 0 Å². The van der Waals surface area contributed by atoms with Crippen LogP contribution in [-0.2, 0) is 4.74 Å². The zero-order chi connectivity index (χ0) is 17.0. The topological polar surface area (TPSA) is 41.6 Å². The van der Waals surface area contributed by atoms with Gasteiger partial charge in [0.2, 0.25) is 5.82 Å². The molecule has 0 aliphatic carbocycles. The number of morpholine rings is 1. The van der Waals surface area contributed by atoms with E-state index in [1.54, 1.807) is 0 Å². The fraction of sp³-hybridized carbons (Fsp3) is 0.500. The van der Waals surface area contributed by atoms with Crippen LogP contribution in [0.15, 0.2) is 0 Å². The van der Waals surface area contributed by atoms with Gasteiger partial charge in [-0.1, -0.05) is 0 Å². The Kier molecular flexibility index (Phi) is 5.89. The quantitative estimate of drug-likeness (QED) is 0.386. The molecule has 1 heterocycles. The Hall–Kier alpha value is -1.74. The van der Waals surface area contributed by atoms with Gasteiger partial charge in [0, 0.05) is 19.6 Å². The lowest BCUT2D eigenvalue weighted by Crippen LogP contribution is -2.38. The molecule has 0 unspecified atom stereocenters. The molecule has 0 saturated carbocycles. The van der Waals surface area contributed by atoms with Crippen LogP contribution in [0, 0.1) is 29.1 Å². The Morgan fingerprint density at radius 3 is 2.04 bits per heavy atom. The van der Waals surface area contributed by atoms with Crippen molar-refractivity contribution in [3.05, 3.63) is 34.6 Å². The van der Waals surface area contributed by atoms with Crippen molar-refractivity contribution in [3.8, 4) is 0 Å². The van der Waals surface area contributed by atoms with Gasteiger partial charge in [0.15, 0.2) is 23.3 Å². The van der Waals surface area contributed by atoms with Gasteiger partial charge in [0.1, 0.15) is 5.56 Å². The number of carbonyl (C=O) groups excluding carboxylic acids is 1. The van der Waals surface area contributed by atoms with E-state index in [1.807, 2.05) is 0 Å². The van der Waals surface area contributed by atoms with Crippen molar-refractivity contribution < 1.29 is 31.5 Å². The van der Waals surface area contributed by atoms with E-state index in [4.69, 9.17) is 4.74 Å². The molecule has 1 saturated heterocycles. The van der Waals surface area contributed by atoms with E-state index in [9.17, 15) is 26.7 Å². The number of hydrogen-bond acceptors (Lipinski definition) is 3. The summed E-state index contributed by atoms with van der Waals surface area (Å²) in [5.74, 6) is -12.2. The highest BCUT2D eigenvalue weighted by Crippen LogP contribution is 2.22. The highest BCUT2D eigenvalue weighted by molar-refractivity contribution is 5.94. The van der Waals surface area contributed by atoms with Crippen molar-refractivity contribution in [2.75, 3.05) is 39.4 Å². The van der Waals surface area contributed by atoms with Gasteiger partial charge in [0.05, 0.1) is 13.2 Å². The molecule has 1 aliphatic heterocycles. The zero-order valence-corrected chi connectivity index (χ0v) is 12.1. The predicted octanol–water partition coefficient (Wildman–Crippen LogP) is 1.83. The molecule has 2 rings (SSSR count). The molecule has 128 valence electrons. The van der Waals surface area contributed by atoms with Gasteiger partial charge in [-0.05, 0) is 13.0 Å². The number of benzene rings is 1. The lowest BCUT2D eigenvalue weighted by molar-refractivity contribution is 0.0374. The third-order valence-corrected chi connectivity index (χ3v) is 3.48. The van der Waals surface area contributed by atoms with Crippen LogP contribution in [-0.4, -0.2) is 50.2 Å². The minimum atomic E-state index is -2.29. The average molecular weight is 338 g/mol. The van der Waals surface area contributed by atoms with E-state index in [2.05, 4.69) is 10.2 Å². The Labute approximate surface area is 129 Å². The summed E-state index contributed by atoms with van der Waals surface area (Å²) in [6, 6.07) is 0. The fourth-order valence-electron chi connectivity index (χ4n) is 2.22. The van der Waals surface area contributed by atoms with Gasteiger partial charge in [-0.2, -0.15) is 0 Å². The summed E-state index contributed by atoms with van der Waals surface area (Å²) in [7, 11) is 0. The zero-order valence-electron chi connectivity index (χ0n) is 12.1. The molecule has 23 heavy (non-hydrogen) atoms. The number of carbonyl (C=O) groups is 1. The first-order valence-electron chi connectivity index (χ1n) is 7.03. The highest BCUT2D eigenvalue weighted by Gasteiger charge is 2.29. The normalized spacial score (nSPS) is 15.7. The van der Waals surface area contributed by atoms with E-state index in [0.717, 1.165) is 13.1 Å². The number of rotatable bonds is 5. The summed E-state index contributed by atoms with van der Waals surface area (Å²) in [6.45, 7) is 3.38. The summed E-state index contributed by atoms with van der Waals surface area (Å²) < 4.78 is 71.0. The van der Waals surface area contributed by atoms with Crippen LogP contribution in [0.5, 0.6) is 0 Å². The molecule has 1 aliphatic rings. The lowest BCUT2D eigenvalue weighted by atomic mass is 10.1. The van der Waals surface area contributed by atoms with Crippen molar-refractivity contribution in [1.29, 1.82) is 0 Å². The second kappa shape index (κ2) is 7.69. The first-order chi connectivity index (χ1) is 10.9. The molecule has 1 aromatic carbocycles. The lowest BCUT2D eigenvalue weighted by Gasteiger charge is -2.26. The molecule has 1 amide bonds. The summed E-state index contributed by atoms with van der Waals surface area (Å²) in [5.41, 5.74) is -1.47. The number of amides is 1. The van der Waals surface area contributed by atoms with Gasteiger partial charge in [-0.15, -0.1) is 0 Å². The second-order valence-electron chi connectivity index (χ2n) is 5.01. The molecule has 0 aromatic heterocycles. The van der Waals surface area contributed by atoms with Crippen molar-refractivity contribution >= 4 is 5.91 Å².